The first-order chi connectivity index (χ1) is 8.25. The predicted molar refractivity (Wildman–Crippen MR) is 73.4 cm³/mol. The van der Waals surface area contributed by atoms with Gasteiger partial charge in [-0.05, 0) is 51.9 Å². The van der Waals surface area contributed by atoms with Crippen molar-refractivity contribution >= 4 is 0 Å². The Morgan fingerprint density at radius 3 is 3.00 bits per heavy atom. The second-order valence-electron chi connectivity index (χ2n) is 5.22. The lowest BCUT2D eigenvalue weighted by Crippen LogP contribution is -2.36. The highest BCUT2D eigenvalue weighted by Crippen LogP contribution is 2.13. The maximum absolute atomic E-state index is 3.58. The van der Waals surface area contributed by atoms with Gasteiger partial charge in [0.2, 0.25) is 0 Å². The molecule has 0 spiro atoms. The molecular weight excluding hydrogens is 208 g/mol. The quantitative estimate of drug-likeness (QED) is 0.783. The van der Waals surface area contributed by atoms with Gasteiger partial charge >= 0.3 is 0 Å². The third kappa shape index (κ3) is 3.83. The van der Waals surface area contributed by atoms with Crippen molar-refractivity contribution in [1.29, 1.82) is 0 Å². The molecule has 1 saturated heterocycles. The molecule has 1 aliphatic heterocycles. The Bertz CT molecular complexity index is 349. The van der Waals surface area contributed by atoms with Gasteiger partial charge in [-0.15, -0.1) is 0 Å². The first kappa shape index (κ1) is 12.6. The first-order valence-electron chi connectivity index (χ1n) is 6.72. The molecule has 17 heavy (non-hydrogen) atoms. The topological polar surface area (TPSA) is 15.3 Å². The molecule has 0 saturated carbocycles. The van der Waals surface area contributed by atoms with Crippen LogP contribution in [0.25, 0.3) is 0 Å². The maximum Gasteiger partial charge on any atom is 0.0218 e. The molecule has 2 nitrogen and oxygen atoms in total. The van der Waals surface area contributed by atoms with E-state index in [2.05, 4.69) is 48.5 Å². The van der Waals surface area contributed by atoms with Crippen LogP contribution in [-0.2, 0) is 6.42 Å². The van der Waals surface area contributed by atoms with Crippen LogP contribution in [-0.4, -0.2) is 37.6 Å². The number of likely N-dealkylation sites (N-methyl/N-ethyl adjacent to an activating group) is 1. The third-order valence-electron chi connectivity index (χ3n) is 3.72. The van der Waals surface area contributed by atoms with Gasteiger partial charge < -0.3 is 10.2 Å². The molecule has 1 N–H and O–H groups in total. The van der Waals surface area contributed by atoms with Crippen molar-refractivity contribution in [2.24, 2.45) is 0 Å². The van der Waals surface area contributed by atoms with E-state index in [1.807, 2.05) is 0 Å². The average molecular weight is 232 g/mol. The summed E-state index contributed by atoms with van der Waals surface area (Å²) in [4.78, 5) is 2.47. The minimum atomic E-state index is 0.757. The molecule has 0 amide bonds. The van der Waals surface area contributed by atoms with Gasteiger partial charge in [0, 0.05) is 12.6 Å². The van der Waals surface area contributed by atoms with E-state index < -0.39 is 0 Å². The summed E-state index contributed by atoms with van der Waals surface area (Å²) < 4.78 is 0. The van der Waals surface area contributed by atoms with Crippen molar-refractivity contribution in [3.63, 3.8) is 0 Å². The van der Waals surface area contributed by atoms with E-state index in [0.717, 1.165) is 25.6 Å². The molecule has 0 aliphatic carbocycles. The highest BCUT2D eigenvalue weighted by Gasteiger charge is 2.19. The van der Waals surface area contributed by atoms with Crippen LogP contribution in [0.15, 0.2) is 24.3 Å². The van der Waals surface area contributed by atoms with E-state index in [4.69, 9.17) is 0 Å². The number of nitrogens with one attached hydrogen (secondary N) is 1. The van der Waals surface area contributed by atoms with Crippen LogP contribution in [0.1, 0.15) is 24.0 Å². The summed E-state index contributed by atoms with van der Waals surface area (Å²) in [6.07, 6.45) is 3.85. The van der Waals surface area contributed by atoms with Crippen molar-refractivity contribution in [2.75, 3.05) is 26.7 Å². The number of rotatable bonds is 5. The molecule has 94 valence electrons. The van der Waals surface area contributed by atoms with Crippen molar-refractivity contribution in [1.82, 2.24) is 10.2 Å². The number of likely N-dealkylation sites (tertiary alicyclic amines) is 1. The highest BCUT2D eigenvalue weighted by molar-refractivity contribution is 5.22. The molecule has 0 bridgehead atoms. The summed E-state index contributed by atoms with van der Waals surface area (Å²) in [7, 11) is 2.24. The van der Waals surface area contributed by atoms with Crippen LogP contribution in [0.3, 0.4) is 0 Å². The Morgan fingerprint density at radius 1 is 1.41 bits per heavy atom. The third-order valence-corrected chi connectivity index (χ3v) is 3.72. The summed E-state index contributed by atoms with van der Waals surface area (Å²) in [5.74, 6) is 0. The molecule has 1 aliphatic rings. The van der Waals surface area contributed by atoms with E-state index in [9.17, 15) is 0 Å². The maximum atomic E-state index is 3.58. The first-order valence-corrected chi connectivity index (χ1v) is 6.72. The van der Waals surface area contributed by atoms with Gasteiger partial charge in [-0.25, -0.2) is 0 Å². The molecule has 0 aromatic heterocycles. The van der Waals surface area contributed by atoms with Crippen molar-refractivity contribution in [3.8, 4) is 0 Å². The molecule has 2 rings (SSSR count). The Balaban J connectivity index is 1.66. The molecule has 1 heterocycles. The lowest BCUT2D eigenvalue weighted by atomic mass is 10.1. The number of aryl methyl sites for hydroxylation is 1. The largest absolute Gasteiger partial charge is 0.315 e. The van der Waals surface area contributed by atoms with Crippen molar-refractivity contribution in [2.45, 2.75) is 32.2 Å². The standard InChI is InChI=1S/C15H24N2/c1-13-5-3-6-14(11-13)8-9-16-12-15-7-4-10-17(15)2/h3,5-6,11,15-16H,4,7-10,12H2,1-2H3. The van der Waals surface area contributed by atoms with E-state index in [1.165, 1.54) is 30.5 Å². The lowest BCUT2D eigenvalue weighted by Gasteiger charge is -2.19. The van der Waals surface area contributed by atoms with Gasteiger partial charge in [-0.2, -0.15) is 0 Å². The van der Waals surface area contributed by atoms with Gasteiger partial charge in [0.15, 0.2) is 0 Å². The summed E-state index contributed by atoms with van der Waals surface area (Å²) in [6.45, 7) is 5.66. The van der Waals surface area contributed by atoms with Gasteiger partial charge in [0.1, 0.15) is 0 Å². The van der Waals surface area contributed by atoms with Gasteiger partial charge in [0.05, 0.1) is 0 Å². The summed E-state index contributed by atoms with van der Waals surface area (Å²) in [5.41, 5.74) is 2.80. The second-order valence-corrected chi connectivity index (χ2v) is 5.22. The van der Waals surface area contributed by atoms with Crippen LogP contribution in [0.4, 0.5) is 0 Å². The zero-order valence-electron chi connectivity index (χ0n) is 11.1. The highest BCUT2D eigenvalue weighted by atomic mass is 15.2. The fourth-order valence-electron chi connectivity index (χ4n) is 2.61. The molecule has 1 atom stereocenters. The molecule has 1 aromatic rings. The van der Waals surface area contributed by atoms with Crippen LogP contribution in [0.2, 0.25) is 0 Å². The van der Waals surface area contributed by atoms with E-state index in [0.29, 0.717) is 0 Å². The summed E-state index contributed by atoms with van der Waals surface area (Å²) in [6, 6.07) is 9.56. The van der Waals surface area contributed by atoms with Crippen LogP contribution in [0.5, 0.6) is 0 Å². The van der Waals surface area contributed by atoms with Crippen LogP contribution < -0.4 is 5.32 Å². The minimum absolute atomic E-state index is 0.757. The fraction of sp³-hybridized carbons (Fsp3) is 0.600. The molecule has 2 heteroatoms. The number of hydrogen-bond donors (Lipinski definition) is 1. The lowest BCUT2D eigenvalue weighted by molar-refractivity contribution is 0.301. The van der Waals surface area contributed by atoms with E-state index in [1.54, 1.807) is 0 Å². The van der Waals surface area contributed by atoms with E-state index >= 15 is 0 Å². The van der Waals surface area contributed by atoms with Gasteiger partial charge in [-0.3, -0.25) is 0 Å². The normalized spacial score (nSPS) is 20.9. The van der Waals surface area contributed by atoms with E-state index in [-0.39, 0.29) is 0 Å². The minimum Gasteiger partial charge on any atom is -0.315 e. The molecule has 0 radical (unpaired) electrons. The Hall–Kier alpha value is -0.860. The molecular formula is C15H24N2. The van der Waals surface area contributed by atoms with Crippen molar-refractivity contribution < 1.29 is 0 Å². The second kappa shape index (κ2) is 6.18. The Morgan fingerprint density at radius 2 is 2.29 bits per heavy atom. The Labute approximate surface area is 105 Å². The molecule has 1 fully saturated rings. The number of nitrogens with zero attached hydrogens (tertiary/aromatic N) is 1. The van der Waals surface area contributed by atoms with Crippen LogP contribution in [0, 0.1) is 6.92 Å². The number of hydrogen-bond acceptors (Lipinski definition) is 2. The van der Waals surface area contributed by atoms with Gasteiger partial charge in [-0.1, -0.05) is 29.8 Å². The summed E-state index contributed by atoms with van der Waals surface area (Å²) >= 11 is 0. The fourth-order valence-corrected chi connectivity index (χ4v) is 2.61. The van der Waals surface area contributed by atoms with Crippen molar-refractivity contribution in [3.05, 3.63) is 35.4 Å². The zero-order valence-corrected chi connectivity index (χ0v) is 11.1. The molecule has 1 unspecified atom stereocenters. The zero-order chi connectivity index (χ0) is 12.1. The SMILES string of the molecule is Cc1cccc(CCNCC2CCCN2C)c1. The predicted octanol–water partition coefficient (Wildman–Crippen LogP) is 2.22. The van der Waals surface area contributed by atoms with Gasteiger partial charge in [0.25, 0.3) is 0 Å². The monoisotopic (exact) mass is 232 g/mol. The van der Waals surface area contributed by atoms with Crippen LogP contribution >= 0.6 is 0 Å². The number of benzene rings is 1. The summed E-state index contributed by atoms with van der Waals surface area (Å²) in [5, 5.41) is 3.58. The Kier molecular flexibility index (Phi) is 4.57. The average Bonchev–Trinajstić information content (AvgIpc) is 2.71. The molecule has 1 aromatic carbocycles. The smallest absolute Gasteiger partial charge is 0.0218 e.